The number of carboxylic acid groups (broad SMARTS) is 1. The van der Waals surface area contributed by atoms with Crippen LogP contribution in [0.25, 0.3) is 5.70 Å². The number of aliphatic carboxylic acids is 1. The van der Waals surface area contributed by atoms with Crippen LogP contribution in [0.1, 0.15) is 47.1 Å². The van der Waals surface area contributed by atoms with E-state index in [4.69, 9.17) is 14.2 Å². The molecule has 1 aromatic carbocycles. The first-order valence-corrected chi connectivity index (χ1v) is 10.5. The number of carboxylic acids is 1. The van der Waals surface area contributed by atoms with E-state index in [0.717, 1.165) is 25.7 Å². The molecule has 2 rings (SSSR count). The Morgan fingerprint density at radius 3 is 1.77 bits per heavy atom. The molecule has 12 nitrogen and oxygen atoms in total. The topological polar surface area (TPSA) is 157 Å². The second kappa shape index (κ2) is 10.8. The molecule has 0 spiro atoms. The van der Waals surface area contributed by atoms with E-state index in [1.54, 1.807) is 13.8 Å². The van der Waals surface area contributed by atoms with E-state index < -0.39 is 48.3 Å². The molecule has 0 bridgehead atoms. The molecule has 0 radical (unpaired) electrons. The summed E-state index contributed by atoms with van der Waals surface area (Å²) in [7, 11) is 0. The Hall–Kier alpha value is -4.22. The molecule has 1 aliphatic heterocycles. The SMILES string of the molecule is CC(=O)Oc1cc(C2=CN(C(C)=O)C(C(C)C)C(=O)N2CC(=O)O)cc(OC(C)=O)c1OC(C)=O. The second-order valence-electron chi connectivity index (χ2n) is 8.03. The van der Waals surface area contributed by atoms with Crippen molar-refractivity contribution >= 4 is 41.4 Å². The third-order valence-electron chi connectivity index (χ3n) is 4.73. The average Bonchev–Trinajstić information content (AvgIpc) is 2.69. The van der Waals surface area contributed by atoms with E-state index in [1.165, 1.54) is 30.2 Å². The molecular weight excluding hydrogens is 464 g/mol. The van der Waals surface area contributed by atoms with Crippen LogP contribution in [0.15, 0.2) is 18.3 Å². The van der Waals surface area contributed by atoms with Crippen molar-refractivity contribution in [3.05, 3.63) is 23.9 Å². The average molecular weight is 490 g/mol. The van der Waals surface area contributed by atoms with Crippen LogP contribution in [0.4, 0.5) is 0 Å². The lowest BCUT2D eigenvalue weighted by Crippen LogP contribution is -2.55. The number of ether oxygens (including phenoxy) is 3. The van der Waals surface area contributed by atoms with Crippen LogP contribution in [0, 0.1) is 5.92 Å². The molecule has 1 aromatic rings. The fraction of sp³-hybridized carbons (Fsp3) is 0.391. The van der Waals surface area contributed by atoms with Crippen LogP contribution in [0.2, 0.25) is 0 Å². The minimum Gasteiger partial charge on any atom is -0.480 e. The van der Waals surface area contributed by atoms with Crippen molar-refractivity contribution in [1.82, 2.24) is 9.80 Å². The van der Waals surface area contributed by atoms with E-state index in [1.807, 2.05) is 0 Å². The monoisotopic (exact) mass is 490 g/mol. The third-order valence-corrected chi connectivity index (χ3v) is 4.73. The Morgan fingerprint density at radius 2 is 1.40 bits per heavy atom. The highest BCUT2D eigenvalue weighted by Crippen LogP contribution is 2.42. The van der Waals surface area contributed by atoms with Crippen molar-refractivity contribution in [2.45, 2.75) is 47.6 Å². The number of amides is 2. The van der Waals surface area contributed by atoms with Crippen molar-refractivity contribution < 1.29 is 48.1 Å². The molecule has 0 saturated carbocycles. The first-order chi connectivity index (χ1) is 16.2. The van der Waals surface area contributed by atoms with Crippen LogP contribution < -0.4 is 14.2 Å². The van der Waals surface area contributed by atoms with Gasteiger partial charge in [-0.3, -0.25) is 33.7 Å². The molecular formula is C23H26N2O10. The van der Waals surface area contributed by atoms with Gasteiger partial charge in [0.05, 0.1) is 5.70 Å². The Kier molecular flexibility index (Phi) is 8.34. The molecule has 1 N–H and O–H groups in total. The predicted molar refractivity (Wildman–Crippen MR) is 119 cm³/mol. The number of rotatable bonds is 7. The molecule has 1 heterocycles. The first-order valence-electron chi connectivity index (χ1n) is 10.5. The molecule has 1 unspecified atom stereocenters. The summed E-state index contributed by atoms with van der Waals surface area (Å²) in [5, 5.41) is 9.44. The van der Waals surface area contributed by atoms with E-state index in [-0.39, 0.29) is 34.4 Å². The molecule has 0 aromatic heterocycles. The standard InChI is InChI=1S/C23H26N2O10/c1-11(2)21-23(32)25(10-20(30)31)17(9-24(21)12(3)26)16-7-18(33-13(4)27)22(35-15(6)29)19(8-16)34-14(5)28/h7-9,11,21H,10H2,1-6H3,(H,30,31). The van der Waals surface area contributed by atoms with Gasteiger partial charge in [0.15, 0.2) is 11.5 Å². The maximum absolute atomic E-state index is 13.3. The second-order valence-corrected chi connectivity index (χ2v) is 8.03. The van der Waals surface area contributed by atoms with E-state index in [9.17, 15) is 33.9 Å². The maximum Gasteiger partial charge on any atom is 0.323 e. The summed E-state index contributed by atoms with van der Waals surface area (Å²) in [6.07, 6.45) is 1.30. The van der Waals surface area contributed by atoms with Gasteiger partial charge in [0.1, 0.15) is 12.6 Å². The zero-order valence-electron chi connectivity index (χ0n) is 20.1. The molecule has 1 aliphatic rings. The fourth-order valence-corrected chi connectivity index (χ4v) is 3.53. The molecule has 188 valence electrons. The Morgan fingerprint density at radius 1 is 0.914 bits per heavy atom. The van der Waals surface area contributed by atoms with Crippen LogP contribution >= 0.6 is 0 Å². The number of carbonyl (C=O) groups is 6. The zero-order chi connectivity index (χ0) is 26.6. The molecule has 0 aliphatic carbocycles. The van der Waals surface area contributed by atoms with Gasteiger partial charge in [-0.1, -0.05) is 13.8 Å². The van der Waals surface area contributed by atoms with Gasteiger partial charge in [-0.05, 0) is 18.1 Å². The van der Waals surface area contributed by atoms with Crippen LogP contribution in [0.3, 0.4) is 0 Å². The van der Waals surface area contributed by atoms with Gasteiger partial charge in [0, 0.05) is 39.5 Å². The predicted octanol–water partition coefficient (Wildman–Crippen LogP) is 1.56. The maximum atomic E-state index is 13.3. The van der Waals surface area contributed by atoms with E-state index in [2.05, 4.69) is 0 Å². The van der Waals surface area contributed by atoms with E-state index in [0.29, 0.717) is 0 Å². The molecule has 12 heteroatoms. The highest BCUT2D eigenvalue weighted by Gasteiger charge is 2.40. The molecule has 1 atom stereocenters. The van der Waals surface area contributed by atoms with Gasteiger partial charge in [0.25, 0.3) is 5.91 Å². The highest BCUT2D eigenvalue weighted by molar-refractivity contribution is 5.99. The van der Waals surface area contributed by atoms with Crippen molar-refractivity contribution in [3.8, 4) is 17.2 Å². The lowest BCUT2D eigenvalue weighted by atomic mass is 9.96. The summed E-state index contributed by atoms with van der Waals surface area (Å²) < 4.78 is 15.4. The van der Waals surface area contributed by atoms with Crippen molar-refractivity contribution in [2.24, 2.45) is 5.92 Å². The van der Waals surface area contributed by atoms with Crippen molar-refractivity contribution in [2.75, 3.05) is 6.54 Å². The first kappa shape index (κ1) is 27.0. The number of carbonyl (C=O) groups excluding carboxylic acids is 5. The van der Waals surface area contributed by atoms with Crippen LogP contribution in [-0.2, 0) is 28.8 Å². The molecule has 35 heavy (non-hydrogen) atoms. The van der Waals surface area contributed by atoms with Gasteiger partial charge in [-0.2, -0.15) is 0 Å². The Bertz CT molecular complexity index is 1080. The molecule has 0 saturated heterocycles. The zero-order valence-corrected chi connectivity index (χ0v) is 20.1. The van der Waals surface area contributed by atoms with E-state index >= 15 is 0 Å². The lowest BCUT2D eigenvalue weighted by Gasteiger charge is -2.40. The Balaban J connectivity index is 2.87. The van der Waals surface area contributed by atoms with Crippen molar-refractivity contribution in [3.63, 3.8) is 0 Å². The summed E-state index contributed by atoms with van der Waals surface area (Å²) in [5.74, 6) is -6.22. The number of esters is 3. The van der Waals surface area contributed by atoms with Crippen molar-refractivity contribution in [1.29, 1.82) is 0 Å². The lowest BCUT2D eigenvalue weighted by molar-refractivity contribution is -0.148. The van der Waals surface area contributed by atoms with Gasteiger partial charge in [0.2, 0.25) is 11.7 Å². The Labute approximate surface area is 201 Å². The summed E-state index contributed by atoms with van der Waals surface area (Å²) in [5.41, 5.74) is 0.0112. The normalized spacial score (nSPS) is 15.5. The number of nitrogens with zero attached hydrogens (tertiary/aromatic N) is 2. The van der Waals surface area contributed by atoms with Crippen LogP contribution in [-0.4, -0.2) is 63.2 Å². The number of benzene rings is 1. The van der Waals surface area contributed by atoms with Gasteiger partial charge < -0.3 is 24.2 Å². The van der Waals surface area contributed by atoms with Gasteiger partial charge in [-0.25, -0.2) is 0 Å². The highest BCUT2D eigenvalue weighted by atomic mass is 16.6. The van der Waals surface area contributed by atoms with Crippen LogP contribution in [0.5, 0.6) is 17.2 Å². The molecule has 2 amide bonds. The fourth-order valence-electron chi connectivity index (χ4n) is 3.53. The quantitative estimate of drug-likeness (QED) is 0.439. The summed E-state index contributed by atoms with van der Waals surface area (Å²) in [6.45, 7) is 7.18. The minimum absolute atomic E-state index is 0.0410. The number of hydrogen-bond donors (Lipinski definition) is 1. The summed E-state index contributed by atoms with van der Waals surface area (Å²) in [4.78, 5) is 74.5. The number of hydrogen-bond acceptors (Lipinski definition) is 9. The largest absolute Gasteiger partial charge is 0.480 e. The summed E-state index contributed by atoms with van der Waals surface area (Å²) >= 11 is 0. The third kappa shape index (κ3) is 6.43. The van der Waals surface area contributed by atoms with Gasteiger partial charge >= 0.3 is 23.9 Å². The minimum atomic E-state index is -1.32. The van der Waals surface area contributed by atoms with Gasteiger partial charge in [-0.15, -0.1) is 0 Å². The smallest absolute Gasteiger partial charge is 0.323 e. The summed E-state index contributed by atoms with van der Waals surface area (Å²) in [6, 6.07) is 1.44. The molecule has 0 fully saturated rings.